The van der Waals surface area contributed by atoms with Crippen LogP contribution in [0.2, 0.25) is 0 Å². The molecule has 0 aliphatic heterocycles. The lowest BCUT2D eigenvalue weighted by molar-refractivity contribution is 0.0599. The minimum absolute atomic E-state index is 0.407. The monoisotopic (exact) mass is 282 g/mol. The highest BCUT2D eigenvalue weighted by Crippen LogP contribution is 2.24. The van der Waals surface area contributed by atoms with Crippen LogP contribution in [0.1, 0.15) is 27.7 Å². The van der Waals surface area contributed by atoms with Gasteiger partial charge in [-0.1, -0.05) is 11.8 Å². The molecule has 0 radical (unpaired) electrons. The molecular formula is C11H14N4O3S. The summed E-state index contributed by atoms with van der Waals surface area (Å²) in [5.74, 6) is 7.66. The van der Waals surface area contributed by atoms with E-state index in [1.807, 2.05) is 0 Å². The lowest BCUT2D eigenvalue weighted by atomic mass is 10.2. The zero-order valence-corrected chi connectivity index (χ0v) is 11.7. The van der Waals surface area contributed by atoms with Crippen molar-refractivity contribution in [2.45, 2.75) is 24.8 Å². The Balaban J connectivity index is 2.08. The number of nitrogens with two attached hydrogens (primary N) is 1. The molecule has 0 amide bonds. The molecule has 2 aromatic heterocycles. The first kappa shape index (κ1) is 13.5. The van der Waals surface area contributed by atoms with Crippen LogP contribution in [0.3, 0.4) is 0 Å². The molecule has 0 fully saturated rings. The number of thioether (sulfide) groups is 1. The Morgan fingerprint density at radius 2 is 2.26 bits per heavy atom. The number of nitrogen functional groups attached to an aromatic ring is 1. The number of carbonyl (C=O) groups excluding carboxylic acids is 1. The topological polar surface area (TPSA) is 96.2 Å². The number of furan rings is 1. The zero-order valence-electron chi connectivity index (χ0n) is 10.8. The zero-order chi connectivity index (χ0) is 14.0. The third-order valence-electron chi connectivity index (χ3n) is 2.55. The first-order chi connectivity index (χ1) is 9.02. The third kappa shape index (κ3) is 2.73. The fourth-order valence-corrected chi connectivity index (χ4v) is 2.29. The highest BCUT2D eigenvalue weighted by atomic mass is 32.2. The molecular weight excluding hydrogens is 268 g/mol. The van der Waals surface area contributed by atoms with Crippen LogP contribution < -0.4 is 5.84 Å². The van der Waals surface area contributed by atoms with Crippen molar-refractivity contribution in [3.8, 4) is 0 Å². The number of hydrogen-bond acceptors (Lipinski definition) is 7. The molecule has 2 N–H and O–H groups in total. The Morgan fingerprint density at radius 3 is 2.84 bits per heavy atom. The van der Waals surface area contributed by atoms with Crippen molar-refractivity contribution < 1.29 is 13.9 Å². The second-order valence-electron chi connectivity index (χ2n) is 3.86. The van der Waals surface area contributed by atoms with E-state index < -0.39 is 5.97 Å². The van der Waals surface area contributed by atoms with Crippen molar-refractivity contribution in [3.05, 3.63) is 29.0 Å². The van der Waals surface area contributed by atoms with E-state index in [0.717, 1.165) is 0 Å². The summed E-state index contributed by atoms with van der Waals surface area (Å²) in [4.78, 5) is 11.4. The maximum Gasteiger partial charge on any atom is 0.341 e. The van der Waals surface area contributed by atoms with E-state index in [0.29, 0.717) is 33.8 Å². The van der Waals surface area contributed by atoms with E-state index in [9.17, 15) is 4.79 Å². The quantitative estimate of drug-likeness (QED) is 0.512. The number of esters is 1. The van der Waals surface area contributed by atoms with Crippen LogP contribution in [0.25, 0.3) is 0 Å². The summed E-state index contributed by atoms with van der Waals surface area (Å²) in [6, 6.07) is 1.66. The first-order valence-electron chi connectivity index (χ1n) is 5.50. The second kappa shape index (κ2) is 5.35. The number of ether oxygens (including phenoxy) is 1. The van der Waals surface area contributed by atoms with Gasteiger partial charge in [-0.05, 0) is 19.9 Å². The number of hydrogen-bond donors (Lipinski definition) is 1. The molecule has 8 heteroatoms. The van der Waals surface area contributed by atoms with Gasteiger partial charge in [-0.15, -0.1) is 10.2 Å². The van der Waals surface area contributed by atoms with Gasteiger partial charge < -0.3 is 15.0 Å². The van der Waals surface area contributed by atoms with Crippen LogP contribution >= 0.6 is 11.8 Å². The second-order valence-corrected chi connectivity index (χ2v) is 4.81. The van der Waals surface area contributed by atoms with Gasteiger partial charge in [0.1, 0.15) is 22.9 Å². The average molecular weight is 282 g/mol. The highest BCUT2D eigenvalue weighted by Gasteiger charge is 2.16. The molecule has 7 nitrogen and oxygen atoms in total. The Kier molecular flexibility index (Phi) is 3.79. The van der Waals surface area contributed by atoms with Gasteiger partial charge >= 0.3 is 5.97 Å². The highest BCUT2D eigenvalue weighted by molar-refractivity contribution is 7.98. The molecule has 2 aromatic rings. The Hall–Kier alpha value is -1.96. The number of rotatable bonds is 4. The first-order valence-corrected chi connectivity index (χ1v) is 6.49. The van der Waals surface area contributed by atoms with Crippen molar-refractivity contribution in [2.75, 3.05) is 13.0 Å². The van der Waals surface area contributed by atoms with Gasteiger partial charge in [0.15, 0.2) is 0 Å². The van der Waals surface area contributed by atoms with Crippen LogP contribution in [-0.4, -0.2) is 28.0 Å². The van der Waals surface area contributed by atoms with Crippen molar-refractivity contribution in [2.24, 2.45) is 0 Å². The van der Waals surface area contributed by atoms with Crippen molar-refractivity contribution in [1.29, 1.82) is 0 Å². The largest absolute Gasteiger partial charge is 0.465 e. The molecule has 102 valence electrons. The summed E-state index contributed by atoms with van der Waals surface area (Å²) in [5.41, 5.74) is 0.434. The molecule has 19 heavy (non-hydrogen) atoms. The summed E-state index contributed by atoms with van der Waals surface area (Å²) in [6.07, 6.45) is 0. The molecule has 0 saturated carbocycles. The number of carbonyl (C=O) groups is 1. The minimum Gasteiger partial charge on any atom is -0.465 e. The van der Waals surface area contributed by atoms with Crippen molar-refractivity contribution in [1.82, 2.24) is 14.9 Å². The van der Waals surface area contributed by atoms with Gasteiger partial charge in [0.2, 0.25) is 5.16 Å². The summed E-state index contributed by atoms with van der Waals surface area (Å²) in [6.45, 7) is 3.49. The minimum atomic E-state index is -0.407. The Bertz CT molecular complexity index is 605. The van der Waals surface area contributed by atoms with Gasteiger partial charge in [0.05, 0.1) is 12.9 Å². The maximum absolute atomic E-state index is 11.4. The molecule has 0 aromatic carbocycles. The van der Waals surface area contributed by atoms with Crippen molar-refractivity contribution >= 4 is 17.7 Å². The van der Waals surface area contributed by atoms with Gasteiger partial charge in [-0.3, -0.25) is 0 Å². The molecule has 0 aliphatic carbocycles. The lowest BCUT2D eigenvalue weighted by Gasteiger charge is -1.98. The fourth-order valence-electron chi connectivity index (χ4n) is 1.51. The van der Waals surface area contributed by atoms with Gasteiger partial charge in [0.25, 0.3) is 0 Å². The number of nitrogens with zero attached hydrogens (tertiary/aromatic N) is 3. The van der Waals surface area contributed by atoms with Crippen LogP contribution in [-0.2, 0) is 10.5 Å². The lowest BCUT2D eigenvalue weighted by Crippen LogP contribution is -2.11. The van der Waals surface area contributed by atoms with Crippen LogP contribution in [0.15, 0.2) is 15.6 Å². The summed E-state index contributed by atoms with van der Waals surface area (Å²) >= 11 is 1.38. The number of aromatic nitrogens is 3. The predicted molar refractivity (Wildman–Crippen MR) is 69.3 cm³/mol. The average Bonchev–Trinajstić information content (AvgIpc) is 2.91. The normalized spacial score (nSPS) is 10.7. The maximum atomic E-state index is 11.4. The molecule has 0 saturated heterocycles. The molecule has 0 unspecified atom stereocenters. The molecule has 0 atom stereocenters. The number of aryl methyl sites for hydroxylation is 2. The van der Waals surface area contributed by atoms with E-state index in [4.69, 9.17) is 10.3 Å². The molecule has 2 rings (SSSR count). The van der Waals surface area contributed by atoms with E-state index in [1.165, 1.54) is 23.5 Å². The molecule has 0 aliphatic rings. The van der Waals surface area contributed by atoms with E-state index >= 15 is 0 Å². The molecule has 0 spiro atoms. The van der Waals surface area contributed by atoms with Crippen molar-refractivity contribution in [3.63, 3.8) is 0 Å². The third-order valence-corrected chi connectivity index (χ3v) is 3.52. The molecule has 2 heterocycles. The summed E-state index contributed by atoms with van der Waals surface area (Å²) < 4.78 is 11.6. The SMILES string of the molecule is COC(=O)c1cc(CSc2nnc(C)n2N)oc1C. The predicted octanol–water partition coefficient (Wildman–Crippen LogP) is 1.28. The van der Waals surface area contributed by atoms with Gasteiger partial charge in [-0.2, -0.15) is 0 Å². The summed E-state index contributed by atoms with van der Waals surface area (Å²) in [7, 11) is 1.34. The van der Waals surface area contributed by atoms with E-state index in [-0.39, 0.29) is 0 Å². The smallest absolute Gasteiger partial charge is 0.341 e. The standard InChI is InChI=1S/C11H14N4O3S/c1-6-9(10(16)17-3)4-8(18-6)5-19-11-14-13-7(2)15(11)12/h4H,5,12H2,1-3H3. The van der Waals surface area contributed by atoms with Gasteiger partial charge in [0, 0.05) is 0 Å². The van der Waals surface area contributed by atoms with Crippen LogP contribution in [0, 0.1) is 13.8 Å². The summed E-state index contributed by atoms with van der Waals surface area (Å²) in [5, 5.41) is 8.37. The Labute approximate surface area is 114 Å². The van der Waals surface area contributed by atoms with Crippen LogP contribution in [0.4, 0.5) is 0 Å². The van der Waals surface area contributed by atoms with E-state index in [2.05, 4.69) is 14.9 Å². The van der Waals surface area contributed by atoms with E-state index in [1.54, 1.807) is 19.9 Å². The Morgan fingerprint density at radius 1 is 1.53 bits per heavy atom. The van der Waals surface area contributed by atoms with Gasteiger partial charge in [-0.25, -0.2) is 9.47 Å². The molecule has 0 bridgehead atoms. The fraction of sp³-hybridized carbons (Fsp3) is 0.364. The van der Waals surface area contributed by atoms with Crippen LogP contribution in [0.5, 0.6) is 0 Å². The number of methoxy groups -OCH3 is 1.